The Morgan fingerprint density at radius 2 is 1.52 bits per heavy atom. The number of Topliss-reactive ketones (excluding diaryl/α,β-unsaturated/α-hetero) is 1. The number of carbonyl (C=O) groups excluding carboxylic acids is 1. The second-order valence-corrected chi connectivity index (χ2v) is 13.4. The first-order valence-electron chi connectivity index (χ1n) is 13.6. The highest BCUT2D eigenvalue weighted by Gasteiger charge is 2.63. The summed E-state index contributed by atoms with van der Waals surface area (Å²) >= 11 is 0. The smallest absolute Gasteiger partial charge is 0.136 e. The lowest BCUT2D eigenvalue weighted by molar-refractivity contribution is -0.175. The van der Waals surface area contributed by atoms with Gasteiger partial charge in [-0.25, -0.2) is 0 Å². The fourth-order valence-electron chi connectivity index (χ4n) is 9.23. The van der Waals surface area contributed by atoms with Crippen LogP contribution in [0.2, 0.25) is 0 Å². The molecule has 190 valence electrons. The maximum atomic E-state index is 13.3. The minimum absolute atomic E-state index is 0.0158. The van der Waals surface area contributed by atoms with E-state index in [4.69, 9.17) is 0 Å². The molecule has 4 aliphatic rings. The monoisotopic (exact) mass is 464 g/mol. The van der Waals surface area contributed by atoms with Gasteiger partial charge in [-0.1, -0.05) is 41.5 Å². The van der Waals surface area contributed by atoms with E-state index in [1.807, 2.05) is 6.92 Å². The third-order valence-electron chi connectivity index (χ3n) is 11.7. The van der Waals surface area contributed by atoms with Gasteiger partial charge in [-0.2, -0.15) is 0 Å². The number of carbonyl (C=O) groups is 1. The fraction of sp³-hybridized carbons (Fsp3) is 0.964. The van der Waals surface area contributed by atoms with E-state index in [1.165, 1.54) is 0 Å². The minimum Gasteiger partial charge on any atom is -0.390 e. The first-order valence-corrected chi connectivity index (χ1v) is 13.6. The Labute approximate surface area is 200 Å². The first kappa shape index (κ1) is 25.6. The first-order chi connectivity index (χ1) is 15.3. The zero-order valence-corrected chi connectivity index (χ0v) is 21.6. The van der Waals surface area contributed by atoms with Crippen LogP contribution in [-0.4, -0.2) is 50.6 Å². The molecule has 4 rings (SSSR count). The van der Waals surface area contributed by atoms with E-state index in [2.05, 4.69) is 34.6 Å². The van der Waals surface area contributed by atoms with Crippen molar-refractivity contribution in [1.29, 1.82) is 0 Å². The highest BCUT2D eigenvalue weighted by Crippen LogP contribution is 2.67. The third-order valence-corrected chi connectivity index (χ3v) is 11.7. The molecular formula is C28H48O5. The molecule has 0 aromatic carbocycles. The summed E-state index contributed by atoms with van der Waals surface area (Å²) in [5.74, 6) is 2.05. The van der Waals surface area contributed by atoms with Gasteiger partial charge in [0.2, 0.25) is 0 Å². The van der Waals surface area contributed by atoms with Crippen molar-refractivity contribution in [1.82, 2.24) is 0 Å². The quantitative estimate of drug-likeness (QED) is 0.496. The Morgan fingerprint density at radius 1 is 0.879 bits per heavy atom. The topological polar surface area (TPSA) is 98.0 Å². The lowest BCUT2D eigenvalue weighted by atomic mass is 9.44. The minimum atomic E-state index is -0.782. The van der Waals surface area contributed by atoms with E-state index in [9.17, 15) is 25.2 Å². The van der Waals surface area contributed by atoms with Gasteiger partial charge in [0.05, 0.1) is 24.4 Å². The highest BCUT2D eigenvalue weighted by atomic mass is 16.3. The van der Waals surface area contributed by atoms with Crippen LogP contribution < -0.4 is 0 Å². The number of aliphatic hydroxyl groups excluding tert-OH is 4. The number of hydrogen-bond acceptors (Lipinski definition) is 5. The largest absolute Gasteiger partial charge is 0.390 e. The van der Waals surface area contributed by atoms with E-state index < -0.39 is 24.4 Å². The molecule has 0 amide bonds. The SMILES string of the molecule is CC(C)[C@H](C)[C@@H](O)[C@H](O)[C@@H](C)[C@H]1CCC2C3CC(=O)C4C[C@H](O)[C@@H](O)C[C@]4(C)C3CC[C@@]21C. The van der Waals surface area contributed by atoms with Crippen LogP contribution in [-0.2, 0) is 4.79 Å². The molecule has 0 aliphatic heterocycles. The summed E-state index contributed by atoms with van der Waals surface area (Å²) in [6.45, 7) is 12.9. The van der Waals surface area contributed by atoms with Gasteiger partial charge >= 0.3 is 0 Å². The van der Waals surface area contributed by atoms with Crippen LogP contribution in [0.3, 0.4) is 0 Å². The molecule has 4 saturated carbocycles. The normalized spacial score (nSPS) is 49.1. The summed E-state index contributed by atoms with van der Waals surface area (Å²) in [6.07, 6.45) is 2.80. The molecule has 4 aliphatic carbocycles. The fourth-order valence-corrected chi connectivity index (χ4v) is 9.23. The van der Waals surface area contributed by atoms with Gasteiger partial charge in [-0.3, -0.25) is 4.79 Å². The van der Waals surface area contributed by atoms with Gasteiger partial charge in [0.15, 0.2) is 0 Å². The van der Waals surface area contributed by atoms with E-state index >= 15 is 0 Å². The van der Waals surface area contributed by atoms with Gasteiger partial charge in [0.25, 0.3) is 0 Å². The van der Waals surface area contributed by atoms with Crippen LogP contribution in [0.1, 0.15) is 86.5 Å². The maximum Gasteiger partial charge on any atom is 0.136 e. The van der Waals surface area contributed by atoms with Crippen molar-refractivity contribution in [3.63, 3.8) is 0 Å². The van der Waals surface area contributed by atoms with Crippen molar-refractivity contribution in [2.75, 3.05) is 0 Å². The molecule has 0 heterocycles. The Balaban J connectivity index is 1.56. The summed E-state index contributed by atoms with van der Waals surface area (Å²) in [5, 5.41) is 42.8. The lowest BCUT2D eigenvalue weighted by Crippen LogP contribution is -2.59. The van der Waals surface area contributed by atoms with Crippen molar-refractivity contribution in [3.8, 4) is 0 Å². The van der Waals surface area contributed by atoms with Crippen LogP contribution in [0.25, 0.3) is 0 Å². The Hall–Kier alpha value is -0.490. The molecule has 0 spiro atoms. The molecule has 4 N–H and O–H groups in total. The molecule has 13 atom stereocenters. The Bertz CT molecular complexity index is 738. The van der Waals surface area contributed by atoms with Gasteiger partial charge in [0, 0.05) is 12.3 Å². The van der Waals surface area contributed by atoms with Gasteiger partial charge in [0.1, 0.15) is 5.78 Å². The molecule has 4 unspecified atom stereocenters. The van der Waals surface area contributed by atoms with E-state index in [0.29, 0.717) is 48.9 Å². The molecular weight excluding hydrogens is 416 g/mol. The summed E-state index contributed by atoms with van der Waals surface area (Å²) < 4.78 is 0. The van der Waals surface area contributed by atoms with Crippen molar-refractivity contribution < 1.29 is 25.2 Å². The highest BCUT2D eigenvalue weighted by molar-refractivity contribution is 5.83. The zero-order valence-electron chi connectivity index (χ0n) is 21.6. The van der Waals surface area contributed by atoms with Gasteiger partial charge in [-0.15, -0.1) is 0 Å². The molecule has 5 nitrogen and oxygen atoms in total. The van der Waals surface area contributed by atoms with E-state index in [0.717, 1.165) is 25.7 Å². The number of hydrogen-bond donors (Lipinski definition) is 4. The standard InChI is InChI=1S/C28H48O5/c1-14(2)15(3)25(32)26(33)16(4)18-7-8-19-17-11-22(29)21-12-23(30)24(31)13-28(21,6)20(17)9-10-27(18,19)5/h14-21,23-26,30-33H,7-13H2,1-6H3/t15-,16-,17?,18+,19?,20?,21?,23-,24-,25+,26+,27+,28+/m0/s1. The van der Waals surface area contributed by atoms with Crippen molar-refractivity contribution in [2.24, 2.45) is 58.2 Å². The third kappa shape index (κ3) is 3.93. The Morgan fingerprint density at radius 3 is 2.15 bits per heavy atom. The van der Waals surface area contributed by atoms with Crippen LogP contribution in [0.15, 0.2) is 0 Å². The lowest BCUT2D eigenvalue weighted by Gasteiger charge is -2.61. The zero-order chi connectivity index (χ0) is 24.5. The van der Waals surface area contributed by atoms with E-state index in [1.54, 1.807) is 0 Å². The predicted molar refractivity (Wildman–Crippen MR) is 128 cm³/mol. The van der Waals surface area contributed by atoms with Crippen molar-refractivity contribution >= 4 is 5.78 Å². The number of rotatable bonds is 5. The molecule has 33 heavy (non-hydrogen) atoms. The summed E-state index contributed by atoms with van der Waals surface area (Å²) in [4.78, 5) is 13.3. The van der Waals surface area contributed by atoms with Crippen LogP contribution in [0.5, 0.6) is 0 Å². The molecule has 5 heteroatoms. The molecule has 0 saturated heterocycles. The average molecular weight is 465 g/mol. The predicted octanol–water partition coefficient (Wildman–Crippen LogP) is 3.81. The summed E-state index contributed by atoms with van der Waals surface area (Å²) in [7, 11) is 0. The average Bonchev–Trinajstić information content (AvgIpc) is 3.10. The molecule has 0 bridgehead atoms. The van der Waals surface area contributed by atoms with Crippen LogP contribution in [0.4, 0.5) is 0 Å². The van der Waals surface area contributed by atoms with E-state index in [-0.39, 0.29) is 34.4 Å². The molecule has 0 radical (unpaired) electrons. The number of fused-ring (bicyclic) bond motifs is 5. The Kier molecular flexibility index (Phi) is 6.88. The molecule has 0 aromatic heterocycles. The molecule has 0 aromatic rings. The van der Waals surface area contributed by atoms with Gasteiger partial charge in [-0.05, 0) is 90.8 Å². The molecule has 4 fully saturated rings. The second kappa shape index (κ2) is 8.87. The maximum absolute atomic E-state index is 13.3. The number of ketones is 1. The summed E-state index contributed by atoms with van der Waals surface area (Å²) in [5.41, 5.74) is -0.162. The number of aliphatic hydroxyl groups is 4. The van der Waals surface area contributed by atoms with Gasteiger partial charge < -0.3 is 20.4 Å². The van der Waals surface area contributed by atoms with Crippen LogP contribution in [0, 0.1) is 58.2 Å². The van der Waals surface area contributed by atoms with Crippen molar-refractivity contribution in [2.45, 2.75) is 111 Å². The van der Waals surface area contributed by atoms with Crippen LogP contribution >= 0.6 is 0 Å². The van der Waals surface area contributed by atoms with Crippen molar-refractivity contribution in [3.05, 3.63) is 0 Å². The second-order valence-electron chi connectivity index (χ2n) is 13.4. The summed E-state index contributed by atoms with van der Waals surface area (Å²) in [6, 6.07) is 0.